The van der Waals surface area contributed by atoms with Crippen molar-refractivity contribution in [3.8, 4) is 91.5 Å². The third-order valence-electron chi connectivity index (χ3n) is 21.4. The molecule has 0 bridgehead atoms. The van der Waals surface area contributed by atoms with Gasteiger partial charge in [-0.15, -0.1) is 109 Å². The van der Waals surface area contributed by atoms with Gasteiger partial charge < -0.3 is 38.8 Å². The van der Waals surface area contributed by atoms with Crippen LogP contribution in [0.3, 0.4) is 0 Å². The number of nitrogens with zero attached hydrogens (tertiary/aromatic N) is 34. The second kappa shape index (κ2) is 53.5. The van der Waals surface area contributed by atoms with Crippen LogP contribution in [0.25, 0.3) is 68.5 Å². The van der Waals surface area contributed by atoms with Gasteiger partial charge in [0.15, 0.2) is 8.07 Å². The molecule has 0 aliphatic rings. The zero-order valence-electron chi connectivity index (χ0n) is 78.1. The first kappa shape index (κ1) is 110. The van der Waals surface area contributed by atoms with Crippen molar-refractivity contribution in [1.82, 2.24) is 167 Å². The van der Waals surface area contributed by atoms with E-state index >= 15 is 0 Å². The van der Waals surface area contributed by atoms with E-state index in [0.29, 0.717) is 34.6 Å². The standard InChI is InChI=1S/C19H16N6.C19H14N4.C18H12N4O.C17H12N6.C16H14N8Si.C16H10N6O.6Pt/c1-19(2,15-5-3-7-17(9-15)24-13-20-11-22-24)16-6-4-8-18(10-16)25-14-21-12-23-25;1-5-16(14-18(7-1)22-11-3-9-20-22)13-17-6-2-8-19(15-17)23-12-4-10-21-23;1-5-15(21-11-3-9-19-21)13-17(7-1)23-18-8-2-6-16(14-18)22-12-4-10-20-22;1-3-14(8-16(5-1)22-12-18-10-20-22)7-15-4-2-6-17(9-15)23-13-19-11-21-23;1-25(2,15-7-3-5-13(21-15)23-11-17-9-19-23)16-8-4-6-14(22-16)24-12-18-10-20-24;1-3-13(21-11-17-9-19-21)7-15(5-1)23-16-6-2-4-14(8-16)22-12-18-10-20-22;;;;;;/h3-8,11-14H,1-2H3;1-12H,13H2;1-12H;1-6,10-13H,7H2;3-10H,1-2H3;1-6,9-12H;;;;;;/q6*-2;6*+2. The molecule has 0 saturated heterocycles. The van der Waals surface area contributed by atoms with Gasteiger partial charge in [0.2, 0.25) is 0 Å². The van der Waals surface area contributed by atoms with Crippen LogP contribution < -0.4 is 20.1 Å². The quantitative estimate of drug-likeness (QED) is 0.0400. The summed E-state index contributed by atoms with van der Waals surface area (Å²) < 4.78 is 31.9. The van der Waals surface area contributed by atoms with E-state index in [0.717, 1.165) is 114 Å². The zero-order chi connectivity index (χ0) is 96.5. The van der Waals surface area contributed by atoms with E-state index in [1.165, 1.54) is 60.0 Å². The Morgan fingerprint density at radius 2 is 0.493 bits per heavy atom. The van der Waals surface area contributed by atoms with Crippen molar-refractivity contribution in [3.63, 3.8) is 0 Å². The van der Waals surface area contributed by atoms with Gasteiger partial charge in [-0.3, -0.25) is 18.7 Å². The van der Waals surface area contributed by atoms with E-state index < -0.39 is 8.07 Å². The summed E-state index contributed by atoms with van der Waals surface area (Å²) in [5.74, 6) is 3.71. The average molecular weight is 3050 g/mol. The largest absolute Gasteiger partial charge is 2.00 e. The molecule has 43 heteroatoms. The molecule has 0 radical (unpaired) electrons. The summed E-state index contributed by atoms with van der Waals surface area (Å²) in [5.41, 5.74) is 14.6. The van der Waals surface area contributed by atoms with Gasteiger partial charge in [0.25, 0.3) is 0 Å². The summed E-state index contributed by atoms with van der Waals surface area (Å²) in [7, 11) is -2.12. The first-order valence-electron chi connectivity index (χ1n) is 44.0. The maximum Gasteiger partial charge on any atom is 2.00 e. The van der Waals surface area contributed by atoms with Crippen LogP contribution in [0, 0.1) is 73.3 Å². The fourth-order valence-corrected chi connectivity index (χ4v) is 16.4. The molecular formula is C105H78N34O2Pt6Si. The van der Waals surface area contributed by atoms with Gasteiger partial charge in [0.1, 0.15) is 75.9 Å². The summed E-state index contributed by atoms with van der Waals surface area (Å²) >= 11 is 0. The summed E-state index contributed by atoms with van der Waals surface area (Å²) in [6.07, 6.45) is 43.3. The van der Waals surface area contributed by atoms with Crippen LogP contribution in [-0.4, -0.2) is 175 Å². The molecule has 36 nitrogen and oxygen atoms in total. The minimum absolute atomic E-state index is 0. The van der Waals surface area contributed by atoms with Gasteiger partial charge in [-0.1, -0.05) is 51.2 Å². The van der Waals surface area contributed by atoms with Crippen molar-refractivity contribution in [2.45, 2.75) is 45.2 Å². The minimum atomic E-state index is -2.12. The maximum absolute atomic E-state index is 5.86. The van der Waals surface area contributed by atoms with Crippen molar-refractivity contribution in [1.29, 1.82) is 0 Å². The molecule has 14 aromatic heterocycles. The van der Waals surface area contributed by atoms with E-state index in [1.807, 2.05) is 253 Å². The number of rotatable bonds is 24. The number of benzene rings is 10. The monoisotopic (exact) mass is 3040 g/mol. The van der Waals surface area contributed by atoms with Crippen LogP contribution in [0.5, 0.6) is 23.0 Å². The van der Waals surface area contributed by atoms with Crippen molar-refractivity contribution in [2.24, 2.45) is 0 Å². The molecule has 10 aromatic carbocycles. The number of pyridine rings is 2. The Balaban J connectivity index is 0.000000147. The van der Waals surface area contributed by atoms with Gasteiger partial charge in [0.05, 0.1) is 11.6 Å². The molecule has 744 valence electrons. The molecule has 14 heterocycles. The Bertz CT molecular complexity index is 6780. The summed E-state index contributed by atoms with van der Waals surface area (Å²) in [6, 6.07) is 111. The predicted molar refractivity (Wildman–Crippen MR) is 521 cm³/mol. The number of hydrogen-bond acceptors (Lipinski definition) is 24. The Hall–Kier alpha value is -15.6. The van der Waals surface area contributed by atoms with Gasteiger partial charge in [-0.25, -0.2) is 68.2 Å². The molecule has 0 aliphatic heterocycles. The first-order chi connectivity index (χ1) is 69.8. The molecule has 0 unspecified atom stereocenters. The van der Waals surface area contributed by atoms with Crippen LogP contribution in [0.1, 0.15) is 47.2 Å². The van der Waals surface area contributed by atoms with Crippen LogP contribution >= 0.6 is 0 Å². The van der Waals surface area contributed by atoms with Crippen molar-refractivity contribution < 1.29 is 136 Å². The molecule has 0 saturated carbocycles. The van der Waals surface area contributed by atoms with E-state index in [2.05, 4.69) is 226 Å². The summed E-state index contributed by atoms with van der Waals surface area (Å²) in [5, 5.41) is 51.8. The molecular weight excluding hydrogens is 2970 g/mol. The Morgan fingerprint density at radius 3 is 0.743 bits per heavy atom. The third-order valence-corrected chi connectivity index (χ3v) is 24.5. The minimum Gasteiger partial charge on any atom is -0.509 e. The molecule has 148 heavy (non-hydrogen) atoms. The van der Waals surface area contributed by atoms with Crippen molar-refractivity contribution in [3.05, 3.63) is 488 Å². The Labute approximate surface area is 937 Å². The van der Waals surface area contributed by atoms with E-state index in [-0.39, 0.29) is 132 Å². The zero-order valence-corrected chi connectivity index (χ0v) is 92.8. The van der Waals surface area contributed by atoms with Gasteiger partial charge in [-0.05, 0) is 112 Å². The fourth-order valence-electron chi connectivity index (χ4n) is 14.3. The van der Waals surface area contributed by atoms with Crippen molar-refractivity contribution in [2.75, 3.05) is 0 Å². The fraction of sp³-hybridized carbons (Fsp3) is 0.0667. The second-order valence-corrected chi connectivity index (χ2v) is 36.0. The number of aromatic nitrogens is 34. The summed E-state index contributed by atoms with van der Waals surface area (Å²) in [6.45, 7) is 8.73. The maximum atomic E-state index is 5.86. The van der Waals surface area contributed by atoms with Crippen LogP contribution in [0.15, 0.2) is 381 Å². The van der Waals surface area contributed by atoms with Crippen LogP contribution in [-0.2, 0) is 145 Å². The van der Waals surface area contributed by atoms with E-state index in [1.54, 1.807) is 100 Å². The smallest absolute Gasteiger partial charge is 0.509 e. The Morgan fingerprint density at radius 1 is 0.250 bits per heavy atom. The number of ether oxygens (including phenoxy) is 2. The molecule has 0 fully saturated rings. The summed E-state index contributed by atoms with van der Waals surface area (Å²) in [4.78, 5) is 41.0. The van der Waals surface area contributed by atoms with Crippen LogP contribution in [0.4, 0.5) is 0 Å². The van der Waals surface area contributed by atoms with Gasteiger partial charge in [-0.2, -0.15) is 218 Å². The second-order valence-electron chi connectivity index (χ2n) is 31.7. The SMILES string of the molecule is CC(C)(c1[c-]c(-n2cncn2)ccc1)c1[c-]c(-n2cncn2)ccc1.C[Si](C)(c1cccc(-n2[c-]ncn2)n1)c1cccc(-n2[c-]ncn2)n1.[Pt+2].[Pt+2].[Pt+2].[Pt+2].[Pt+2].[Pt+2].[c-]1c(Cc2[c-]c(-n3cccn3)ccc2)cccc1-n1cccn1.[c-]1c(Cc2[c-]c(-n3cncn3)ccc2)cccc1-n1cncn1.[c-]1c(Oc2[c-]c(-n3cccn3)ccc2)cccc1-n1cccn1.[c-]1c(Oc2[c-]c(-n3cncn3)ccc2)cccc1-n1cncn1. The Kier molecular flexibility index (Phi) is 39.6. The average Bonchev–Trinajstić information content (AvgIpc) is 1.22. The van der Waals surface area contributed by atoms with Crippen molar-refractivity contribution >= 4 is 18.7 Å². The topological polar surface area (TPSA) is 361 Å². The molecule has 0 aliphatic carbocycles. The molecule has 0 N–H and O–H groups in total. The van der Waals surface area contributed by atoms with E-state index in [4.69, 9.17) is 19.4 Å². The molecule has 0 amide bonds. The normalized spacial score (nSPS) is 10.6. The molecule has 24 aromatic rings. The number of hydrogen-bond donors (Lipinski definition) is 0. The van der Waals surface area contributed by atoms with E-state index in [9.17, 15) is 0 Å². The third kappa shape index (κ3) is 28.6. The first-order valence-corrected chi connectivity index (χ1v) is 47.0. The van der Waals surface area contributed by atoms with Gasteiger partial charge >= 0.3 is 126 Å². The molecule has 0 spiro atoms. The predicted octanol–water partition coefficient (Wildman–Crippen LogP) is 13.8. The van der Waals surface area contributed by atoms with Gasteiger partial charge in [0, 0.05) is 109 Å². The molecule has 0 atom stereocenters. The van der Waals surface area contributed by atoms with Crippen LogP contribution in [0.2, 0.25) is 13.1 Å². The molecule has 24 rings (SSSR count).